The zero-order valence-electron chi connectivity index (χ0n) is 14.2. The van der Waals surface area contributed by atoms with E-state index < -0.39 is 12.1 Å². The highest BCUT2D eigenvalue weighted by Crippen LogP contribution is 2.15. The van der Waals surface area contributed by atoms with E-state index in [1.807, 2.05) is 35.7 Å². The van der Waals surface area contributed by atoms with E-state index in [1.165, 1.54) is 4.90 Å². The molecule has 8 heteroatoms. The molecular formula is C18H20N4O3S. The van der Waals surface area contributed by atoms with Gasteiger partial charge in [-0.15, -0.1) is 11.3 Å². The van der Waals surface area contributed by atoms with E-state index in [9.17, 15) is 14.4 Å². The number of hydrogen-bond acceptors (Lipinski definition) is 5. The molecule has 2 heterocycles. The minimum Gasteiger partial charge on any atom is -0.356 e. The molecule has 2 aromatic rings. The number of carbonyl (C=O) groups excluding carboxylic acids is 3. The maximum absolute atomic E-state index is 12.4. The van der Waals surface area contributed by atoms with Crippen LogP contribution in [0.4, 0.5) is 4.79 Å². The van der Waals surface area contributed by atoms with Crippen LogP contribution >= 0.6 is 11.3 Å². The molecule has 1 aliphatic rings. The first-order chi connectivity index (χ1) is 12.6. The maximum Gasteiger partial charge on any atom is 0.325 e. The lowest BCUT2D eigenvalue weighted by Crippen LogP contribution is -2.33. The predicted octanol–water partition coefficient (Wildman–Crippen LogP) is 1.70. The summed E-state index contributed by atoms with van der Waals surface area (Å²) in [5.41, 5.74) is 0.886. The monoisotopic (exact) mass is 372 g/mol. The summed E-state index contributed by atoms with van der Waals surface area (Å²) in [6.45, 7) is 0.749. The number of nitrogens with zero attached hydrogens (tertiary/aromatic N) is 2. The molecule has 0 radical (unpaired) electrons. The summed E-state index contributed by atoms with van der Waals surface area (Å²) in [6.07, 6.45) is 2.90. The smallest absolute Gasteiger partial charge is 0.325 e. The van der Waals surface area contributed by atoms with Crippen molar-refractivity contribution in [2.24, 2.45) is 0 Å². The third kappa shape index (κ3) is 4.66. The first-order valence-electron chi connectivity index (χ1n) is 8.44. The molecule has 1 saturated heterocycles. The Bertz CT molecular complexity index is 764. The van der Waals surface area contributed by atoms with Gasteiger partial charge < -0.3 is 10.6 Å². The lowest BCUT2D eigenvalue weighted by atomic mass is 10.1. The molecule has 1 aromatic carbocycles. The topological polar surface area (TPSA) is 91.4 Å². The van der Waals surface area contributed by atoms with E-state index >= 15 is 0 Å². The molecule has 1 unspecified atom stereocenters. The molecule has 136 valence electrons. The van der Waals surface area contributed by atoms with Crippen molar-refractivity contribution in [3.8, 4) is 0 Å². The van der Waals surface area contributed by atoms with E-state index in [4.69, 9.17) is 0 Å². The zero-order valence-corrected chi connectivity index (χ0v) is 15.0. The summed E-state index contributed by atoms with van der Waals surface area (Å²) in [6, 6.07) is 8.28. The Hall–Kier alpha value is -2.74. The number of benzene rings is 1. The number of thiazole rings is 1. The summed E-state index contributed by atoms with van der Waals surface area (Å²) in [4.78, 5) is 41.7. The van der Waals surface area contributed by atoms with Crippen LogP contribution in [0.2, 0.25) is 0 Å². The number of urea groups is 1. The van der Waals surface area contributed by atoms with Crippen LogP contribution in [0.15, 0.2) is 41.9 Å². The molecule has 1 atom stereocenters. The Morgan fingerprint density at radius 2 is 2.08 bits per heavy atom. The van der Waals surface area contributed by atoms with Gasteiger partial charge in [-0.2, -0.15) is 0 Å². The highest BCUT2D eigenvalue weighted by atomic mass is 32.1. The van der Waals surface area contributed by atoms with Crippen LogP contribution in [0.25, 0.3) is 0 Å². The van der Waals surface area contributed by atoms with Crippen molar-refractivity contribution in [2.45, 2.75) is 31.8 Å². The first kappa shape index (κ1) is 18.1. The van der Waals surface area contributed by atoms with Crippen LogP contribution in [0, 0.1) is 0 Å². The van der Waals surface area contributed by atoms with E-state index in [0.29, 0.717) is 19.4 Å². The molecule has 1 fully saturated rings. The summed E-state index contributed by atoms with van der Waals surface area (Å²) in [5, 5.41) is 8.34. The van der Waals surface area contributed by atoms with Gasteiger partial charge in [-0.25, -0.2) is 9.78 Å². The highest BCUT2D eigenvalue weighted by molar-refractivity contribution is 7.09. The number of amides is 4. The van der Waals surface area contributed by atoms with Crippen LogP contribution in [-0.2, 0) is 22.6 Å². The van der Waals surface area contributed by atoms with Crippen LogP contribution in [-0.4, -0.2) is 40.3 Å². The number of nitrogens with one attached hydrogen (secondary N) is 2. The summed E-state index contributed by atoms with van der Waals surface area (Å²) in [7, 11) is 0. The van der Waals surface area contributed by atoms with Gasteiger partial charge in [0, 0.05) is 31.0 Å². The Morgan fingerprint density at radius 3 is 2.81 bits per heavy atom. The third-order valence-corrected chi connectivity index (χ3v) is 4.93. The minimum absolute atomic E-state index is 0.134. The Morgan fingerprint density at radius 1 is 1.27 bits per heavy atom. The lowest BCUT2D eigenvalue weighted by Gasteiger charge is -2.13. The van der Waals surface area contributed by atoms with Gasteiger partial charge >= 0.3 is 6.03 Å². The van der Waals surface area contributed by atoms with Crippen LogP contribution < -0.4 is 10.6 Å². The van der Waals surface area contributed by atoms with Crippen molar-refractivity contribution in [2.75, 3.05) is 6.54 Å². The molecule has 1 aromatic heterocycles. The van der Waals surface area contributed by atoms with E-state index in [-0.39, 0.29) is 24.8 Å². The average Bonchev–Trinajstić information content (AvgIpc) is 3.25. The summed E-state index contributed by atoms with van der Waals surface area (Å²) < 4.78 is 0. The van der Waals surface area contributed by atoms with Crippen molar-refractivity contribution >= 4 is 29.2 Å². The van der Waals surface area contributed by atoms with Gasteiger partial charge in [0.05, 0.1) is 11.6 Å². The molecule has 0 spiro atoms. The fraction of sp³-hybridized carbons (Fsp3) is 0.333. The Labute approximate surface area is 155 Å². The number of rotatable bonds is 8. The lowest BCUT2D eigenvalue weighted by molar-refractivity contribution is -0.128. The Balaban J connectivity index is 1.42. The quantitative estimate of drug-likeness (QED) is 0.690. The van der Waals surface area contributed by atoms with Gasteiger partial charge in [0.25, 0.3) is 5.91 Å². The summed E-state index contributed by atoms with van der Waals surface area (Å²) in [5.74, 6) is -0.417. The molecule has 4 amide bonds. The second kappa shape index (κ2) is 8.57. The van der Waals surface area contributed by atoms with Crippen LogP contribution in [0.1, 0.15) is 23.4 Å². The van der Waals surface area contributed by atoms with Crippen molar-refractivity contribution in [3.05, 3.63) is 52.5 Å². The van der Waals surface area contributed by atoms with Crippen molar-refractivity contribution in [1.29, 1.82) is 0 Å². The number of carbonyl (C=O) groups is 3. The first-order valence-corrected chi connectivity index (χ1v) is 9.32. The SMILES string of the molecule is O=C(CCC1NC(=O)N(Cc2ccccc2)C1=O)NCCc1nccs1. The molecule has 0 bridgehead atoms. The van der Waals surface area contributed by atoms with Crippen molar-refractivity contribution in [1.82, 2.24) is 20.5 Å². The average molecular weight is 372 g/mol. The van der Waals surface area contributed by atoms with Crippen molar-refractivity contribution in [3.63, 3.8) is 0 Å². The molecule has 2 N–H and O–H groups in total. The predicted molar refractivity (Wildman–Crippen MR) is 97.4 cm³/mol. The zero-order chi connectivity index (χ0) is 18.4. The summed E-state index contributed by atoms with van der Waals surface area (Å²) >= 11 is 1.55. The third-order valence-electron chi connectivity index (χ3n) is 4.10. The normalized spacial score (nSPS) is 16.6. The number of hydrogen-bond donors (Lipinski definition) is 2. The number of imide groups is 1. The molecule has 7 nitrogen and oxygen atoms in total. The molecule has 3 rings (SSSR count). The second-order valence-electron chi connectivity index (χ2n) is 5.98. The fourth-order valence-electron chi connectivity index (χ4n) is 2.74. The van der Waals surface area contributed by atoms with Crippen LogP contribution in [0.3, 0.4) is 0 Å². The standard InChI is InChI=1S/C18H20N4O3S/c23-15(19-9-8-16-20-10-11-26-16)7-6-14-17(24)22(18(25)21-14)12-13-4-2-1-3-5-13/h1-5,10-11,14H,6-9,12H2,(H,19,23)(H,21,25). The largest absolute Gasteiger partial charge is 0.356 e. The van der Waals surface area contributed by atoms with Gasteiger partial charge in [0.15, 0.2) is 0 Å². The number of aromatic nitrogens is 1. The van der Waals surface area contributed by atoms with Gasteiger partial charge in [-0.05, 0) is 12.0 Å². The highest BCUT2D eigenvalue weighted by Gasteiger charge is 2.37. The molecular weight excluding hydrogens is 352 g/mol. The van der Waals surface area contributed by atoms with Crippen molar-refractivity contribution < 1.29 is 14.4 Å². The van der Waals surface area contributed by atoms with Gasteiger partial charge in [0.2, 0.25) is 5.91 Å². The van der Waals surface area contributed by atoms with E-state index in [0.717, 1.165) is 10.6 Å². The van der Waals surface area contributed by atoms with E-state index in [2.05, 4.69) is 15.6 Å². The van der Waals surface area contributed by atoms with Gasteiger partial charge in [0.1, 0.15) is 6.04 Å². The second-order valence-corrected chi connectivity index (χ2v) is 6.96. The van der Waals surface area contributed by atoms with E-state index in [1.54, 1.807) is 17.5 Å². The Kier molecular flexibility index (Phi) is 5.96. The molecule has 1 aliphatic heterocycles. The fourth-order valence-corrected chi connectivity index (χ4v) is 3.36. The molecule has 26 heavy (non-hydrogen) atoms. The molecule has 0 aliphatic carbocycles. The molecule has 0 saturated carbocycles. The maximum atomic E-state index is 12.4. The minimum atomic E-state index is -0.643. The van der Waals surface area contributed by atoms with Gasteiger partial charge in [-0.3, -0.25) is 14.5 Å². The van der Waals surface area contributed by atoms with Gasteiger partial charge in [-0.1, -0.05) is 30.3 Å². The van der Waals surface area contributed by atoms with Crippen LogP contribution in [0.5, 0.6) is 0 Å².